The van der Waals surface area contributed by atoms with Crippen molar-refractivity contribution in [2.75, 3.05) is 11.9 Å². The van der Waals surface area contributed by atoms with E-state index in [1.807, 2.05) is 0 Å². The topological polar surface area (TPSA) is 141 Å². The molecule has 3 rings (SSSR count). The van der Waals surface area contributed by atoms with Gasteiger partial charge in [-0.2, -0.15) is 0 Å². The molecule has 0 unspecified atom stereocenters. The minimum absolute atomic E-state index is 0.0137. The standard InChI is InChI=1S/C18H18N4O5S/c1-11(23)12-2-5-14(6-3-12)28(26,27)19-9-8-17(24)20-13-4-7-15-16(10-13)22-18(25)21-15/h2-7,10,19H,8-9H2,1H3,(H,20,24)(H2,21,22,25). The maximum atomic E-state index is 12.2. The molecule has 0 fully saturated rings. The highest BCUT2D eigenvalue weighted by Crippen LogP contribution is 2.15. The minimum Gasteiger partial charge on any atom is -0.326 e. The minimum atomic E-state index is -3.78. The summed E-state index contributed by atoms with van der Waals surface area (Å²) < 4.78 is 26.8. The molecule has 0 atom stereocenters. The Morgan fingerprint density at radius 2 is 1.68 bits per heavy atom. The van der Waals surface area contributed by atoms with Gasteiger partial charge in [-0.3, -0.25) is 9.59 Å². The molecule has 28 heavy (non-hydrogen) atoms. The first kappa shape index (κ1) is 19.5. The average molecular weight is 402 g/mol. The maximum Gasteiger partial charge on any atom is 0.323 e. The number of H-pyrrole nitrogens is 2. The molecule has 0 saturated heterocycles. The number of amides is 1. The zero-order chi connectivity index (χ0) is 20.3. The molecule has 0 aliphatic carbocycles. The van der Waals surface area contributed by atoms with Crippen molar-refractivity contribution in [2.45, 2.75) is 18.2 Å². The summed E-state index contributed by atoms with van der Waals surface area (Å²) in [5, 5.41) is 2.64. The summed E-state index contributed by atoms with van der Waals surface area (Å²) in [4.78, 5) is 39.7. The number of nitrogens with one attached hydrogen (secondary N) is 4. The number of ketones is 1. The molecule has 1 amide bonds. The molecule has 0 spiro atoms. The summed E-state index contributed by atoms with van der Waals surface area (Å²) in [7, 11) is -3.78. The summed E-state index contributed by atoms with van der Waals surface area (Å²) in [5.74, 6) is -0.539. The van der Waals surface area contributed by atoms with Crippen LogP contribution in [0.1, 0.15) is 23.7 Å². The van der Waals surface area contributed by atoms with Crippen LogP contribution in [-0.2, 0) is 14.8 Å². The van der Waals surface area contributed by atoms with E-state index in [1.54, 1.807) is 18.2 Å². The van der Waals surface area contributed by atoms with Crippen molar-refractivity contribution in [2.24, 2.45) is 0 Å². The highest BCUT2D eigenvalue weighted by molar-refractivity contribution is 7.89. The van der Waals surface area contributed by atoms with Gasteiger partial charge >= 0.3 is 5.69 Å². The van der Waals surface area contributed by atoms with Gasteiger partial charge in [-0.1, -0.05) is 12.1 Å². The number of aromatic amines is 2. The highest BCUT2D eigenvalue weighted by Gasteiger charge is 2.15. The van der Waals surface area contributed by atoms with Crippen molar-refractivity contribution in [3.8, 4) is 0 Å². The quantitative estimate of drug-likeness (QED) is 0.442. The number of imidazole rings is 1. The monoisotopic (exact) mass is 402 g/mol. The van der Waals surface area contributed by atoms with E-state index in [0.29, 0.717) is 22.3 Å². The third kappa shape index (κ3) is 4.53. The number of hydrogen-bond acceptors (Lipinski definition) is 5. The predicted octanol–water partition coefficient (Wildman–Crippen LogP) is 1.37. The summed E-state index contributed by atoms with van der Waals surface area (Å²) in [6.07, 6.45) is -0.0769. The molecule has 0 aliphatic heterocycles. The summed E-state index contributed by atoms with van der Waals surface area (Å²) in [6.45, 7) is 1.30. The van der Waals surface area contributed by atoms with Gasteiger partial charge in [0.2, 0.25) is 15.9 Å². The molecule has 0 aliphatic rings. The van der Waals surface area contributed by atoms with Crippen LogP contribution in [0.5, 0.6) is 0 Å². The number of anilines is 1. The molecule has 10 heteroatoms. The van der Waals surface area contributed by atoms with Crippen molar-refractivity contribution in [3.63, 3.8) is 0 Å². The summed E-state index contributed by atoms with van der Waals surface area (Å²) in [6, 6.07) is 10.4. The van der Waals surface area contributed by atoms with Crippen LogP contribution in [-0.4, -0.2) is 36.6 Å². The van der Waals surface area contributed by atoms with Gasteiger partial charge in [0, 0.05) is 24.2 Å². The third-order valence-electron chi connectivity index (χ3n) is 4.02. The van der Waals surface area contributed by atoms with Gasteiger partial charge in [0.15, 0.2) is 5.78 Å². The van der Waals surface area contributed by atoms with Crippen molar-refractivity contribution < 1.29 is 18.0 Å². The Morgan fingerprint density at radius 3 is 2.36 bits per heavy atom. The number of carbonyl (C=O) groups excluding carboxylic acids is 2. The zero-order valence-corrected chi connectivity index (χ0v) is 15.7. The SMILES string of the molecule is CC(=O)c1ccc(S(=O)(=O)NCCC(=O)Nc2ccc3[nH]c(=O)[nH]c3c2)cc1. The Balaban J connectivity index is 1.56. The molecular weight excluding hydrogens is 384 g/mol. The van der Waals surface area contributed by atoms with E-state index in [1.165, 1.54) is 31.2 Å². The van der Waals surface area contributed by atoms with Gasteiger partial charge in [0.1, 0.15) is 0 Å². The van der Waals surface area contributed by atoms with E-state index in [9.17, 15) is 22.8 Å². The summed E-state index contributed by atoms with van der Waals surface area (Å²) >= 11 is 0. The lowest BCUT2D eigenvalue weighted by Crippen LogP contribution is -2.27. The maximum absolute atomic E-state index is 12.2. The second kappa shape index (κ2) is 7.79. The predicted molar refractivity (Wildman–Crippen MR) is 104 cm³/mol. The molecule has 2 aromatic carbocycles. The molecule has 0 saturated carbocycles. The molecule has 1 heterocycles. The number of fused-ring (bicyclic) bond motifs is 1. The second-order valence-corrected chi connectivity index (χ2v) is 7.88. The Morgan fingerprint density at radius 1 is 1.00 bits per heavy atom. The van der Waals surface area contributed by atoms with Crippen molar-refractivity contribution in [3.05, 3.63) is 58.5 Å². The number of carbonyl (C=O) groups is 2. The first-order valence-electron chi connectivity index (χ1n) is 8.37. The molecule has 146 valence electrons. The van der Waals surface area contributed by atoms with E-state index in [-0.39, 0.29) is 35.2 Å². The lowest BCUT2D eigenvalue weighted by atomic mass is 10.2. The van der Waals surface area contributed by atoms with Crippen LogP contribution in [0.4, 0.5) is 5.69 Å². The van der Waals surface area contributed by atoms with Crippen LogP contribution < -0.4 is 15.7 Å². The fraction of sp³-hybridized carbons (Fsp3) is 0.167. The first-order chi connectivity index (χ1) is 13.2. The van der Waals surface area contributed by atoms with Crippen LogP contribution in [0.3, 0.4) is 0 Å². The Bertz CT molecular complexity index is 1190. The van der Waals surface area contributed by atoms with Crippen molar-refractivity contribution in [1.82, 2.24) is 14.7 Å². The normalized spacial score (nSPS) is 11.5. The van der Waals surface area contributed by atoms with E-state index >= 15 is 0 Å². The fourth-order valence-corrected chi connectivity index (χ4v) is 3.62. The average Bonchev–Trinajstić information content (AvgIpc) is 3.01. The van der Waals surface area contributed by atoms with Crippen LogP contribution in [0.2, 0.25) is 0 Å². The van der Waals surface area contributed by atoms with Crippen LogP contribution in [0.15, 0.2) is 52.2 Å². The van der Waals surface area contributed by atoms with Gasteiger partial charge in [-0.15, -0.1) is 0 Å². The van der Waals surface area contributed by atoms with Crippen LogP contribution in [0.25, 0.3) is 11.0 Å². The smallest absolute Gasteiger partial charge is 0.323 e. The fourth-order valence-electron chi connectivity index (χ4n) is 2.58. The second-order valence-electron chi connectivity index (χ2n) is 6.12. The third-order valence-corrected chi connectivity index (χ3v) is 5.49. The van der Waals surface area contributed by atoms with Gasteiger partial charge < -0.3 is 15.3 Å². The molecule has 3 aromatic rings. The highest BCUT2D eigenvalue weighted by atomic mass is 32.2. The lowest BCUT2D eigenvalue weighted by Gasteiger charge is -2.08. The number of sulfonamides is 1. The molecule has 1 aromatic heterocycles. The van der Waals surface area contributed by atoms with Gasteiger partial charge in [-0.05, 0) is 37.3 Å². The van der Waals surface area contributed by atoms with Gasteiger partial charge in [-0.25, -0.2) is 17.9 Å². The van der Waals surface area contributed by atoms with Crippen LogP contribution >= 0.6 is 0 Å². The largest absolute Gasteiger partial charge is 0.326 e. The van der Waals surface area contributed by atoms with E-state index in [2.05, 4.69) is 20.0 Å². The zero-order valence-electron chi connectivity index (χ0n) is 14.9. The summed E-state index contributed by atoms with van der Waals surface area (Å²) in [5.41, 5.74) is 1.72. The lowest BCUT2D eigenvalue weighted by molar-refractivity contribution is -0.116. The van der Waals surface area contributed by atoms with E-state index in [4.69, 9.17) is 0 Å². The number of benzene rings is 2. The number of rotatable bonds is 7. The molecule has 0 radical (unpaired) electrons. The van der Waals surface area contributed by atoms with Crippen LogP contribution in [0, 0.1) is 0 Å². The Hall–Kier alpha value is -3.24. The van der Waals surface area contributed by atoms with E-state index < -0.39 is 10.0 Å². The molecular formula is C18H18N4O5S. The Labute approximate surface area is 160 Å². The van der Waals surface area contributed by atoms with Crippen molar-refractivity contribution >= 4 is 38.4 Å². The van der Waals surface area contributed by atoms with Gasteiger partial charge in [0.25, 0.3) is 0 Å². The molecule has 9 nitrogen and oxygen atoms in total. The van der Waals surface area contributed by atoms with E-state index in [0.717, 1.165) is 0 Å². The van der Waals surface area contributed by atoms with Crippen molar-refractivity contribution in [1.29, 1.82) is 0 Å². The molecule has 4 N–H and O–H groups in total. The number of hydrogen-bond donors (Lipinski definition) is 4. The first-order valence-corrected chi connectivity index (χ1v) is 9.85. The Kier molecular flexibility index (Phi) is 5.43. The molecule has 0 bridgehead atoms. The van der Waals surface area contributed by atoms with Gasteiger partial charge in [0.05, 0.1) is 15.9 Å². The number of Topliss-reactive ketones (excluding diaryl/α,β-unsaturated/α-hetero) is 1. The number of aromatic nitrogens is 2.